The molecule has 0 radical (unpaired) electrons. The average Bonchev–Trinajstić information content (AvgIpc) is 2.58. The van der Waals surface area contributed by atoms with E-state index in [-0.39, 0.29) is 0 Å². The Balaban J connectivity index is 0.00000232. The van der Waals surface area contributed by atoms with Gasteiger partial charge in [0, 0.05) is 0 Å². The lowest BCUT2D eigenvalue weighted by Crippen LogP contribution is -2.01. The van der Waals surface area contributed by atoms with Crippen molar-refractivity contribution >= 4 is 0 Å². The minimum absolute atomic E-state index is 0.641. The molecule has 0 bridgehead atoms. The fourth-order valence-electron chi connectivity index (χ4n) is 3.23. The highest BCUT2D eigenvalue weighted by molar-refractivity contribution is 5.32. The Morgan fingerprint density at radius 3 is 1.74 bits per heavy atom. The van der Waals surface area contributed by atoms with Gasteiger partial charge in [0.2, 0.25) is 0 Å². The van der Waals surface area contributed by atoms with E-state index in [9.17, 15) is 0 Å². The van der Waals surface area contributed by atoms with Gasteiger partial charge in [-0.3, -0.25) is 10.5 Å². The molecule has 0 aliphatic rings. The Kier molecular flexibility index (Phi) is 14.2. The van der Waals surface area contributed by atoms with Crippen LogP contribution in [0.1, 0.15) is 108 Å². The summed E-state index contributed by atoms with van der Waals surface area (Å²) in [6.07, 6.45) is 12.7. The molecule has 0 aliphatic heterocycles. The second-order valence-corrected chi connectivity index (χ2v) is 6.95. The fraction of sp³-hybridized carbons (Fsp3) is 0.714. The second-order valence-electron chi connectivity index (χ2n) is 6.95. The number of benzene rings is 1. The molecule has 0 fully saturated rings. The molecule has 0 amide bonds. The Labute approximate surface area is 143 Å². The molecule has 1 atom stereocenters. The maximum Gasteiger partial charge on any atom is -0.0188 e. The molecule has 2 heteroatoms. The number of hydrogen-bond donors (Lipinski definition) is 2. The van der Waals surface area contributed by atoms with E-state index < -0.39 is 0 Å². The van der Waals surface area contributed by atoms with E-state index >= 15 is 0 Å². The van der Waals surface area contributed by atoms with Crippen molar-refractivity contribution in [2.24, 2.45) is 0 Å². The maximum absolute atomic E-state index is 6.00. The van der Waals surface area contributed by atoms with Crippen molar-refractivity contribution in [2.45, 2.75) is 97.3 Å². The number of rotatable bonds is 11. The van der Waals surface area contributed by atoms with Gasteiger partial charge < -0.3 is 0 Å². The predicted molar refractivity (Wildman–Crippen MR) is 101 cm³/mol. The molecular weight excluding hydrogens is 284 g/mol. The van der Waals surface area contributed by atoms with Crippen molar-refractivity contribution in [2.75, 3.05) is 0 Å². The molecule has 1 aromatic carbocycles. The van der Waals surface area contributed by atoms with Gasteiger partial charge >= 0.3 is 0 Å². The molecule has 1 unspecified atom stereocenters. The van der Waals surface area contributed by atoms with Gasteiger partial charge in [0.15, 0.2) is 0 Å². The maximum atomic E-state index is 6.00. The summed E-state index contributed by atoms with van der Waals surface area (Å²) in [5.41, 5.74) is 3.13. The van der Waals surface area contributed by atoms with Crippen LogP contribution in [0.25, 0.3) is 0 Å². The molecule has 0 saturated heterocycles. The summed E-state index contributed by atoms with van der Waals surface area (Å²) >= 11 is 0. The molecule has 134 valence electrons. The molecule has 2 nitrogen and oxygen atoms in total. The predicted octanol–water partition coefficient (Wildman–Crippen LogP) is 7.46. The van der Waals surface area contributed by atoms with Gasteiger partial charge in [-0.05, 0) is 29.4 Å². The zero-order valence-corrected chi connectivity index (χ0v) is 15.7. The highest BCUT2D eigenvalue weighted by atomic mass is 17.0. The van der Waals surface area contributed by atoms with E-state index in [0.717, 1.165) is 0 Å². The molecule has 1 aromatic rings. The van der Waals surface area contributed by atoms with Crippen molar-refractivity contribution in [3.8, 4) is 0 Å². The molecule has 0 heterocycles. The summed E-state index contributed by atoms with van der Waals surface area (Å²) in [6.45, 7) is 9.31. The molecule has 0 aromatic heterocycles. The van der Waals surface area contributed by atoms with Crippen molar-refractivity contribution in [3.63, 3.8) is 0 Å². The topological polar surface area (TPSA) is 40.5 Å². The number of hydrogen-bond acceptors (Lipinski definition) is 2. The minimum atomic E-state index is 0.641. The van der Waals surface area contributed by atoms with Crippen LogP contribution in [0.5, 0.6) is 0 Å². The summed E-state index contributed by atoms with van der Waals surface area (Å²) < 4.78 is 0. The van der Waals surface area contributed by atoms with Crippen molar-refractivity contribution in [1.82, 2.24) is 0 Å². The lowest BCUT2D eigenvalue weighted by Gasteiger charge is -2.18. The summed E-state index contributed by atoms with van der Waals surface area (Å²) in [5, 5.41) is 12.0. The fourth-order valence-corrected chi connectivity index (χ4v) is 3.23. The van der Waals surface area contributed by atoms with Crippen LogP contribution < -0.4 is 0 Å². The zero-order valence-electron chi connectivity index (χ0n) is 15.7. The van der Waals surface area contributed by atoms with Crippen LogP contribution in [0.15, 0.2) is 24.3 Å². The Bertz CT molecular complexity index is 374. The van der Waals surface area contributed by atoms with Gasteiger partial charge in [-0.25, -0.2) is 0 Å². The number of unbranched alkanes of at least 4 members (excludes halogenated alkanes) is 7. The molecular formula is C21H38O2. The van der Waals surface area contributed by atoms with E-state index in [0.29, 0.717) is 11.8 Å². The van der Waals surface area contributed by atoms with Crippen LogP contribution in [0, 0.1) is 0 Å². The summed E-state index contributed by atoms with van der Waals surface area (Å²) in [6, 6.07) is 9.03. The van der Waals surface area contributed by atoms with Crippen LogP contribution in [0.2, 0.25) is 0 Å². The van der Waals surface area contributed by atoms with Crippen molar-refractivity contribution in [1.29, 1.82) is 0 Å². The van der Waals surface area contributed by atoms with E-state index in [1.165, 1.54) is 57.8 Å². The monoisotopic (exact) mass is 322 g/mol. The smallest absolute Gasteiger partial charge is 0.0188 e. The van der Waals surface area contributed by atoms with Crippen LogP contribution in [-0.2, 0) is 0 Å². The minimum Gasteiger partial charge on any atom is -0.255 e. The van der Waals surface area contributed by atoms with Crippen LogP contribution in [0.4, 0.5) is 0 Å². The second kappa shape index (κ2) is 14.7. The summed E-state index contributed by atoms with van der Waals surface area (Å²) in [5.74, 6) is 1.35. The first-order chi connectivity index (χ1) is 11.2. The first-order valence-electron chi connectivity index (χ1n) is 9.45. The lowest BCUT2D eigenvalue weighted by atomic mass is 9.87. The highest BCUT2D eigenvalue weighted by Crippen LogP contribution is 2.29. The van der Waals surface area contributed by atoms with E-state index in [1.54, 1.807) is 11.1 Å². The average molecular weight is 323 g/mol. The SMILES string of the molecule is CCCCCCCCCCC(C)c1ccccc1C(C)C.OO. The van der Waals surface area contributed by atoms with Gasteiger partial charge in [0.1, 0.15) is 0 Å². The van der Waals surface area contributed by atoms with Crippen molar-refractivity contribution in [3.05, 3.63) is 35.4 Å². The third-order valence-electron chi connectivity index (χ3n) is 4.64. The van der Waals surface area contributed by atoms with Gasteiger partial charge in [0.25, 0.3) is 0 Å². The quantitative estimate of drug-likeness (QED) is 0.252. The third kappa shape index (κ3) is 9.78. The van der Waals surface area contributed by atoms with Gasteiger partial charge in [-0.2, -0.15) is 0 Å². The van der Waals surface area contributed by atoms with Gasteiger partial charge in [0.05, 0.1) is 0 Å². The van der Waals surface area contributed by atoms with Crippen LogP contribution >= 0.6 is 0 Å². The van der Waals surface area contributed by atoms with E-state index in [4.69, 9.17) is 10.5 Å². The molecule has 1 rings (SSSR count). The first-order valence-corrected chi connectivity index (χ1v) is 9.45. The van der Waals surface area contributed by atoms with Gasteiger partial charge in [-0.15, -0.1) is 0 Å². The Hall–Kier alpha value is -0.860. The normalized spacial score (nSPS) is 12.0. The third-order valence-corrected chi connectivity index (χ3v) is 4.64. The molecule has 0 aliphatic carbocycles. The molecule has 0 saturated carbocycles. The van der Waals surface area contributed by atoms with Crippen LogP contribution in [-0.4, -0.2) is 10.5 Å². The summed E-state index contributed by atoms with van der Waals surface area (Å²) in [7, 11) is 0. The van der Waals surface area contributed by atoms with Crippen LogP contribution in [0.3, 0.4) is 0 Å². The lowest BCUT2D eigenvalue weighted by molar-refractivity contribution is -0.176. The Morgan fingerprint density at radius 1 is 0.739 bits per heavy atom. The van der Waals surface area contributed by atoms with Crippen molar-refractivity contribution < 1.29 is 10.5 Å². The molecule has 2 N–H and O–H groups in total. The standard InChI is InChI=1S/C21H36.H2O2/c1-5-6-7-8-9-10-11-12-15-19(4)21-17-14-13-16-20(21)18(2)3;1-2/h13-14,16-19H,5-12,15H2,1-4H3;1-2H. The highest BCUT2D eigenvalue weighted by Gasteiger charge is 2.11. The molecule has 0 spiro atoms. The first kappa shape index (κ1) is 22.1. The molecule has 23 heavy (non-hydrogen) atoms. The van der Waals surface area contributed by atoms with Gasteiger partial charge in [-0.1, -0.05) is 103 Å². The van der Waals surface area contributed by atoms with E-state index in [2.05, 4.69) is 52.0 Å². The van der Waals surface area contributed by atoms with E-state index in [1.807, 2.05) is 0 Å². The summed E-state index contributed by atoms with van der Waals surface area (Å²) in [4.78, 5) is 0. The zero-order chi connectivity index (χ0) is 17.5. The Morgan fingerprint density at radius 2 is 1.22 bits per heavy atom. The largest absolute Gasteiger partial charge is 0.255 e.